The van der Waals surface area contributed by atoms with Gasteiger partial charge in [-0.3, -0.25) is 0 Å². The van der Waals surface area contributed by atoms with Crippen molar-refractivity contribution >= 4 is 16.6 Å². The van der Waals surface area contributed by atoms with Crippen LogP contribution in [0.25, 0.3) is 10.9 Å². The number of nitroso groups, excluding NO2 is 1. The highest BCUT2D eigenvalue weighted by molar-refractivity contribution is 5.95. The van der Waals surface area contributed by atoms with Crippen LogP contribution < -0.4 is 0 Å². The lowest BCUT2D eigenvalue weighted by Crippen LogP contribution is -1.98. The molecule has 106 valence electrons. The number of aryl methyl sites for hydroxylation is 1. The normalized spacial score (nSPS) is 11.0. The Kier molecular flexibility index (Phi) is 3.17. The van der Waals surface area contributed by atoms with Gasteiger partial charge in [0.25, 0.3) is 0 Å². The Bertz CT molecular complexity index is 822. The molecule has 4 nitrogen and oxygen atoms in total. The highest BCUT2D eigenvalue weighted by atomic mass is 19.1. The van der Waals surface area contributed by atoms with Crippen LogP contribution in [0.15, 0.2) is 47.6 Å². The van der Waals surface area contributed by atoms with Gasteiger partial charge < -0.3 is 9.67 Å². The Hall–Kier alpha value is -2.69. The van der Waals surface area contributed by atoms with Crippen molar-refractivity contribution in [2.45, 2.75) is 13.5 Å². The highest BCUT2D eigenvalue weighted by Gasteiger charge is 2.18. The van der Waals surface area contributed by atoms with Gasteiger partial charge in [-0.25, -0.2) is 4.39 Å². The van der Waals surface area contributed by atoms with Crippen LogP contribution >= 0.6 is 0 Å². The topological polar surface area (TPSA) is 54.6 Å². The van der Waals surface area contributed by atoms with Crippen molar-refractivity contribution in [3.05, 3.63) is 64.3 Å². The summed E-state index contributed by atoms with van der Waals surface area (Å²) in [7, 11) is 0. The minimum Gasteiger partial charge on any atom is -0.493 e. The van der Waals surface area contributed by atoms with E-state index in [1.165, 1.54) is 18.2 Å². The predicted molar refractivity (Wildman–Crippen MR) is 79.3 cm³/mol. The number of aromatic hydroxyl groups is 1. The van der Waals surface area contributed by atoms with Crippen LogP contribution in [0.4, 0.5) is 10.1 Å². The van der Waals surface area contributed by atoms with Crippen LogP contribution in [0.1, 0.15) is 11.1 Å². The van der Waals surface area contributed by atoms with Crippen molar-refractivity contribution < 1.29 is 9.50 Å². The van der Waals surface area contributed by atoms with Crippen molar-refractivity contribution in [1.82, 2.24) is 4.57 Å². The molecular weight excluding hydrogens is 271 g/mol. The number of halogens is 1. The van der Waals surface area contributed by atoms with Gasteiger partial charge in [-0.15, -0.1) is 4.91 Å². The third-order valence-corrected chi connectivity index (χ3v) is 3.52. The van der Waals surface area contributed by atoms with Crippen LogP contribution in [0, 0.1) is 17.6 Å². The molecule has 0 aliphatic carbocycles. The SMILES string of the molecule is Cc1ccc(Cn2c(O)c(N=O)c3cc(F)ccc32)cc1. The average molecular weight is 284 g/mol. The summed E-state index contributed by atoms with van der Waals surface area (Å²) in [6.07, 6.45) is 0. The first-order valence-electron chi connectivity index (χ1n) is 6.50. The third kappa shape index (κ3) is 2.27. The number of nitrogens with zero attached hydrogens (tertiary/aromatic N) is 2. The largest absolute Gasteiger partial charge is 0.493 e. The lowest BCUT2D eigenvalue weighted by atomic mass is 10.1. The molecule has 1 N–H and O–H groups in total. The summed E-state index contributed by atoms with van der Waals surface area (Å²) in [5.74, 6) is -0.717. The highest BCUT2D eigenvalue weighted by Crippen LogP contribution is 2.39. The van der Waals surface area contributed by atoms with Gasteiger partial charge in [0.1, 0.15) is 5.82 Å². The minimum absolute atomic E-state index is 0.128. The Morgan fingerprint density at radius 2 is 1.90 bits per heavy atom. The van der Waals surface area contributed by atoms with Crippen molar-refractivity contribution in [1.29, 1.82) is 0 Å². The van der Waals surface area contributed by atoms with Gasteiger partial charge >= 0.3 is 0 Å². The molecule has 5 heteroatoms. The molecule has 0 saturated heterocycles. The van der Waals surface area contributed by atoms with E-state index in [0.717, 1.165) is 11.1 Å². The Morgan fingerprint density at radius 1 is 1.19 bits per heavy atom. The van der Waals surface area contributed by atoms with Gasteiger partial charge in [0, 0.05) is 5.39 Å². The Morgan fingerprint density at radius 3 is 2.57 bits per heavy atom. The van der Waals surface area contributed by atoms with Crippen LogP contribution in [0.5, 0.6) is 5.88 Å². The molecule has 2 aromatic carbocycles. The van der Waals surface area contributed by atoms with E-state index in [1.807, 2.05) is 31.2 Å². The fraction of sp³-hybridized carbons (Fsp3) is 0.125. The second-order valence-corrected chi connectivity index (χ2v) is 5.00. The molecule has 0 aliphatic rings. The monoisotopic (exact) mass is 284 g/mol. The zero-order valence-corrected chi connectivity index (χ0v) is 11.4. The molecule has 0 radical (unpaired) electrons. The number of hydrogen-bond donors (Lipinski definition) is 1. The molecule has 0 amide bonds. The molecule has 21 heavy (non-hydrogen) atoms. The first kappa shape index (κ1) is 13.3. The number of hydrogen-bond acceptors (Lipinski definition) is 3. The van der Waals surface area contributed by atoms with Gasteiger partial charge in [0.15, 0.2) is 5.69 Å². The molecule has 0 atom stereocenters. The lowest BCUT2D eigenvalue weighted by Gasteiger charge is -2.07. The second kappa shape index (κ2) is 5.01. The summed E-state index contributed by atoms with van der Waals surface area (Å²) in [5, 5.41) is 13.3. The van der Waals surface area contributed by atoms with Crippen molar-refractivity contribution in [3.8, 4) is 5.88 Å². The lowest BCUT2D eigenvalue weighted by molar-refractivity contribution is 0.430. The van der Waals surface area contributed by atoms with Gasteiger partial charge in [-0.05, 0) is 35.9 Å². The zero-order chi connectivity index (χ0) is 15.0. The van der Waals surface area contributed by atoms with E-state index in [4.69, 9.17) is 0 Å². The zero-order valence-electron chi connectivity index (χ0n) is 11.4. The van der Waals surface area contributed by atoms with Crippen molar-refractivity contribution in [3.63, 3.8) is 0 Å². The molecule has 1 aromatic heterocycles. The van der Waals surface area contributed by atoms with Gasteiger partial charge in [0.2, 0.25) is 5.88 Å². The van der Waals surface area contributed by atoms with Gasteiger partial charge in [0.05, 0.1) is 12.1 Å². The van der Waals surface area contributed by atoms with E-state index >= 15 is 0 Å². The molecule has 1 heterocycles. The smallest absolute Gasteiger partial charge is 0.222 e. The maximum atomic E-state index is 13.3. The molecule has 0 bridgehead atoms. The molecule has 0 unspecified atom stereocenters. The Labute approximate surface area is 120 Å². The predicted octanol–water partition coefficient (Wildman–Crippen LogP) is 4.24. The third-order valence-electron chi connectivity index (χ3n) is 3.52. The first-order valence-corrected chi connectivity index (χ1v) is 6.50. The van der Waals surface area contributed by atoms with E-state index in [1.54, 1.807) is 4.57 Å². The van der Waals surface area contributed by atoms with Gasteiger partial charge in [-0.2, -0.15) is 0 Å². The van der Waals surface area contributed by atoms with Crippen molar-refractivity contribution in [2.24, 2.45) is 5.18 Å². The Balaban J connectivity index is 2.15. The standard InChI is InChI=1S/C16H13FN2O2/c1-10-2-4-11(5-3-10)9-19-14-7-6-12(17)8-13(14)15(18-21)16(19)20/h2-8,20H,9H2,1H3. The van der Waals surface area contributed by atoms with E-state index in [0.29, 0.717) is 17.4 Å². The van der Waals surface area contributed by atoms with E-state index < -0.39 is 5.82 Å². The van der Waals surface area contributed by atoms with Crippen LogP contribution in [0.3, 0.4) is 0 Å². The maximum Gasteiger partial charge on any atom is 0.222 e. The number of rotatable bonds is 3. The minimum atomic E-state index is -0.472. The fourth-order valence-corrected chi connectivity index (χ4v) is 2.42. The average Bonchev–Trinajstić information content (AvgIpc) is 2.73. The molecule has 0 spiro atoms. The molecule has 3 aromatic rings. The van der Waals surface area contributed by atoms with Gasteiger partial charge in [-0.1, -0.05) is 29.8 Å². The second-order valence-electron chi connectivity index (χ2n) is 5.00. The van der Waals surface area contributed by atoms with E-state index in [-0.39, 0.29) is 11.6 Å². The summed E-state index contributed by atoms with van der Waals surface area (Å²) in [4.78, 5) is 10.9. The number of benzene rings is 2. The quantitative estimate of drug-likeness (QED) is 0.731. The van der Waals surface area contributed by atoms with E-state index in [2.05, 4.69) is 5.18 Å². The summed E-state index contributed by atoms with van der Waals surface area (Å²) in [5.41, 5.74) is 2.55. The van der Waals surface area contributed by atoms with E-state index in [9.17, 15) is 14.4 Å². The van der Waals surface area contributed by atoms with Crippen LogP contribution in [-0.4, -0.2) is 9.67 Å². The molecule has 0 aliphatic heterocycles. The fourth-order valence-electron chi connectivity index (χ4n) is 2.42. The molecular formula is C16H13FN2O2. The van der Waals surface area contributed by atoms with Crippen LogP contribution in [-0.2, 0) is 6.54 Å². The summed E-state index contributed by atoms with van der Waals surface area (Å²) in [6, 6.07) is 11.9. The number of aromatic nitrogens is 1. The van der Waals surface area contributed by atoms with Crippen molar-refractivity contribution in [2.75, 3.05) is 0 Å². The molecule has 0 fully saturated rings. The summed E-state index contributed by atoms with van der Waals surface area (Å²) < 4.78 is 14.9. The van der Waals surface area contributed by atoms with Crippen LogP contribution in [0.2, 0.25) is 0 Å². The number of fused-ring (bicyclic) bond motifs is 1. The molecule has 3 rings (SSSR count). The maximum absolute atomic E-state index is 13.3. The summed E-state index contributed by atoms with van der Waals surface area (Å²) >= 11 is 0. The first-order chi connectivity index (χ1) is 10.1. The summed E-state index contributed by atoms with van der Waals surface area (Å²) in [6.45, 7) is 2.37. The molecule has 0 saturated carbocycles.